The fraction of sp³-hybridized carbons (Fsp3) is 0.231. The number of rotatable bonds is 7. The molecule has 0 saturated carbocycles. The number of aryl methyl sites for hydroxylation is 2. The summed E-state index contributed by atoms with van der Waals surface area (Å²) >= 11 is 15.3. The molecule has 42 heavy (non-hydrogen) atoms. The van der Waals surface area contributed by atoms with Crippen LogP contribution < -0.4 is 5.32 Å². The highest BCUT2D eigenvalue weighted by molar-refractivity contribution is 8.01. The van der Waals surface area contributed by atoms with E-state index in [1.54, 1.807) is 49.9 Å². The number of halogens is 5. The van der Waals surface area contributed by atoms with Gasteiger partial charge < -0.3 is 0 Å². The first-order valence-corrected chi connectivity index (χ1v) is 14.7. The second-order valence-electron chi connectivity index (χ2n) is 9.42. The number of carbonyl (C=O) groups is 1. The Morgan fingerprint density at radius 1 is 1.10 bits per heavy atom. The number of anilines is 1. The van der Waals surface area contributed by atoms with Crippen LogP contribution in [0.3, 0.4) is 0 Å². The highest BCUT2D eigenvalue weighted by atomic mass is 35.5. The van der Waals surface area contributed by atoms with Gasteiger partial charge in [-0.05, 0) is 54.5 Å². The summed E-state index contributed by atoms with van der Waals surface area (Å²) in [7, 11) is 0. The standard InChI is InChI=1S/C26H21Cl2F3N8OS2/c1-11(2)41-23-20(14-5-6-17(27)18(28)10-14)32-25(42-23)39-21(22(40)33-24-34-37-38-35-24)19(13(4)36-39)15-7-12(3)8-16(9-15)26(29,30)31/h5-11H,1-4H3,(H2,33,34,35,37,38,40). The number of nitrogens with one attached hydrogen (secondary N) is 2. The van der Waals surface area contributed by atoms with Gasteiger partial charge in [-0.2, -0.15) is 28.2 Å². The zero-order valence-corrected chi connectivity index (χ0v) is 25.5. The Morgan fingerprint density at radius 2 is 1.86 bits per heavy atom. The van der Waals surface area contributed by atoms with Crippen LogP contribution in [0.25, 0.3) is 27.5 Å². The van der Waals surface area contributed by atoms with Crippen molar-refractivity contribution in [3.8, 4) is 27.5 Å². The summed E-state index contributed by atoms with van der Waals surface area (Å²) in [5, 5.41) is 21.6. The van der Waals surface area contributed by atoms with E-state index in [2.05, 4.69) is 31.0 Å². The monoisotopic (exact) mass is 652 g/mol. The smallest absolute Gasteiger partial charge is 0.286 e. The molecule has 0 spiro atoms. The Morgan fingerprint density at radius 3 is 2.50 bits per heavy atom. The number of hydrogen-bond acceptors (Lipinski definition) is 8. The molecule has 9 nitrogen and oxygen atoms in total. The van der Waals surface area contributed by atoms with Gasteiger partial charge in [-0.1, -0.05) is 65.6 Å². The van der Waals surface area contributed by atoms with Crippen molar-refractivity contribution in [3.63, 3.8) is 0 Å². The minimum absolute atomic E-state index is 0.0495. The molecule has 1 amide bonds. The van der Waals surface area contributed by atoms with Crippen LogP contribution in [0.15, 0.2) is 40.6 Å². The van der Waals surface area contributed by atoms with Crippen LogP contribution in [0.1, 0.15) is 41.2 Å². The minimum Gasteiger partial charge on any atom is -0.286 e. The molecule has 2 N–H and O–H groups in total. The second kappa shape index (κ2) is 11.7. The first kappa shape index (κ1) is 30.0. The van der Waals surface area contributed by atoms with Crippen molar-refractivity contribution in [3.05, 3.63) is 69.0 Å². The normalized spacial score (nSPS) is 11.9. The van der Waals surface area contributed by atoms with Gasteiger partial charge in [0.2, 0.25) is 5.13 Å². The quantitative estimate of drug-likeness (QED) is 0.172. The summed E-state index contributed by atoms with van der Waals surface area (Å²) in [6, 6.07) is 8.75. The largest absolute Gasteiger partial charge is 0.416 e. The summed E-state index contributed by atoms with van der Waals surface area (Å²) in [6.45, 7) is 7.22. The van der Waals surface area contributed by atoms with Gasteiger partial charge in [-0.15, -0.1) is 16.9 Å². The molecule has 0 bridgehead atoms. The molecular weight excluding hydrogens is 632 g/mol. The number of H-pyrrole nitrogens is 1. The molecule has 0 radical (unpaired) electrons. The summed E-state index contributed by atoms with van der Waals surface area (Å²) in [5.41, 5.74) is 1.45. The Balaban J connectivity index is 1.74. The van der Waals surface area contributed by atoms with Crippen LogP contribution in [0, 0.1) is 13.8 Å². The number of carbonyl (C=O) groups excluding carboxylic acids is 1. The van der Waals surface area contributed by atoms with Crippen molar-refractivity contribution in [2.45, 2.75) is 43.3 Å². The van der Waals surface area contributed by atoms with Crippen molar-refractivity contribution in [1.82, 2.24) is 35.4 Å². The first-order chi connectivity index (χ1) is 19.8. The van der Waals surface area contributed by atoms with E-state index in [0.717, 1.165) is 16.3 Å². The van der Waals surface area contributed by atoms with E-state index in [0.29, 0.717) is 37.7 Å². The van der Waals surface area contributed by atoms with E-state index >= 15 is 0 Å². The molecule has 3 heterocycles. The molecule has 0 aliphatic carbocycles. The van der Waals surface area contributed by atoms with Gasteiger partial charge in [0.15, 0.2) is 0 Å². The van der Waals surface area contributed by atoms with Crippen LogP contribution in [0.4, 0.5) is 19.1 Å². The Hall–Kier alpha value is -3.46. The van der Waals surface area contributed by atoms with Gasteiger partial charge in [0.05, 0.1) is 31.2 Å². The van der Waals surface area contributed by atoms with Crippen molar-refractivity contribution < 1.29 is 18.0 Å². The SMILES string of the molecule is Cc1cc(-c2c(C)nn(-c3nc(-c4ccc(Cl)c(Cl)c4)c(SC(C)C)s3)c2C(=O)Nc2nn[nH]n2)cc(C(F)(F)F)c1. The number of tetrazole rings is 1. The molecule has 0 aliphatic heterocycles. The number of benzene rings is 2. The van der Waals surface area contributed by atoms with Gasteiger partial charge in [0.25, 0.3) is 11.9 Å². The van der Waals surface area contributed by atoms with E-state index in [-0.39, 0.29) is 28.0 Å². The number of nitrogens with zero attached hydrogens (tertiary/aromatic N) is 6. The molecule has 2 aromatic carbocycles. The lowest BCUT2D eigenvalue weighted by atomic mass is 9.98. The third kappa shape index (κ3) is 6.16. The first-order valence-electron chi connectivity index (χ1n) is 12.3. The number of amides is 1. The number of thiazole rings is 1. The van der Waals surface area contributed by atoms with E-state index in [9.17, 15) is 18.0 Å². The van der Waals surface area contributed by atoms with Crippen molar-refractivity contribution in [2.24, 2.45) is 0 Å². The van der Waals surface area contributed by atoms with E-state index in [1.807, 2.05) is 13.8 Å². The molecule has 0 saturated heterocycles. The molecule has 16 heteroatoms. The third-order valence-corrected chi connectivity index (χ3v) is 8.82. The summed E-state index contributed by atoms with van der Waals surface area (Å²) in [5.74, 6) is -0.838. The number of hydrogen-bond donors (Lipinski definition) is 2. The Labute approximate surface area is 255 Å². The van der Waals surface area contributed by atoms with Gasteiger partial charge in [-0.25, -0.2) is 4.98 Å². The molecule has 5 aromatic rings. The van der Waals surface area contributed by atoms with Crippen LogP contribution in [0.2, 0.25) is 10.0 Å². The Bertz CT molecular complexity index is 1780. The maximum Gasteiger partial charge on any atom is 0.416 e. The lowest BCUT2D eigenvalue weighted by molar-refractivity contribution is -0.137. The fourth-order valence-corrected chi connectivity index (χ4v) is 6.97. The van der Waals surface area contributed by atoms with E-state index < -0.39 is 17.6 Å². The number of aromatic amines is 1. The van der Waals surface area contributed by atoms with E-state index in [1.165, 1.54) is 16.0 Å². The third-order valence-electron chi connectivity index (χ3n) is 5.84. The molecule has 0 atom stereocenters. The predicted octanol–water partition coefficient (Wildman–Crippen LogP) is 7.87. The van der Waals surface area contributed by atoms with Crippen molar-refractivity contribution in [1.29, 1.82) is 0 Å². The van der Waals surface area contributed by atoms with Crippen LogP contribution >= 0.6 is 46.3 Å². The van der Waals surface area contributed by atoms with Gasteiger partial charge in [0, 0.05) is 16.4 Å². The lowest BCUT2D eigenvalue weighted by Gasteiger charge is -2.12. The minimum atomic E-state index is -4.59. The number of alkyl halides is 3. The molecule has 0 aliphatic rings. The van der Waals surface area contributed by atoms with Crippen molar-refractivity contribution in [2.75, 3.05) is 5.32 Å². The molecule has 0 fully saturated rings. The molecule has 218 valence electrons. The topological polar surface area (TPSA) is 114 Å². The van der Waals surface area contributed by atoms with Gasteiger partial charge >= 0.3 is 6.18 Å². The maximum atomic E-state index is 13.8. The number of thioether (sulfide) groups is 1. The lowest BCUT2D eigenvalue weighted by Crippen LogP contribution is -2.19. The maximum absolute atomic E-state index is 13.8. The van der Waals surface area contributed by atoms with Gasteiger partial charge in [0.1, 0.15) is 5.69 Å². The summed E-state index contributed by atoms with van der Waals surface area (Å²) < 4.78 is 43.4. The zero-order chi connectivity index (χ0) is 30.3. The van der Waals surface area contributed by atoms with Gasteiger partial charge in [-0.3, -0.25) is 10.1 Å². The molecule has 5 rings (SSSR count). The second-order valence-corrected chi connectivity index (χ2v) is 13.1. The molecular formula is C26H21Cl2F3N8OS2. The summed E-state index contributed by atoms with van der Waals surface area (Å²) in [4.78, 5) is 18.5. The van der Waals surface area contributed by atoms with E-state index in [4.69, 9.17) is 28.2 Å². The predicted molar refractivity (Wildman–Crippen MR) is 158 cm³/mol. The average molecular weight is 654 g/mol. The van der Waals surface area contributed by atoms with Crippen LogP contribution in [-0.2, 0) is 6.18 Å². The Kier molecular flexibility index (Phi) is 8.34. The summed E-state index contributed by atoms with van der Waals surface area (Å²) in [6.07, 6.45) is -4.59. The molecule has 0 unspecified atom stereocenters. The van der Waals surface area contributed by atoms with Crippen molar-refractivity contribution >= 4 is 58.2 Å². The highest BCUT2D eigenvalue weighted by Crippen LogP contribution is 2.42. The highest BCUT2D eigenvalue weighted by Gasteiger charge is 2.33. The average Bonchev–Trinajstić information content (AvgIpc) is 3.63. The molecule has 3 aromatic heterocycles. The van der Waals surface area contributed by atoms with Crippen LogP contribution in [-0.4, -0.2) is 46.5 Å². The number of aromatic nitrogens is 7. The van der Waals surface area contributed by atoms with Crippen LogP contribution in [0.5, 0.6) is 0 Å². The fourth-order valence-electron chi connectivity index (χ4n) is 4.19. The zero-order valence-electron chi connectivity index (χ0n) is 22.3.